The number of amides is 2. The second-order valence-corrected chi connectivity index (χ2v) is 3.69. The summed E-state index contributed by atoms with van der Waals surface area (Å²) in [5, 5.41) is 11.3. The standard InChI is InChI=1S/C11H12N2O3/c14-10(15)6-8-7-13(11(16)12-8)9-4-2-1-3-5-9/h1-5,8H,6-7H2,(H,12,16)(H,14,15). The molecular formula is C11H12N2O3. The van der Waals surface area contributed by atoms with Crippen LogP contribution in [0.15, 0.2) is 30.3 Å². The van der Waals surface area contributed by atoms with E-state index in [1.165, 1.54) is 0 Å². The number of aliphatic carboxylic acids is 1. The minimum atomic E-state index is -0.903. The summed E-state index contributed by atoms with van der Waals surface area (Å²) in [6.07, 6.45) is -0.0466. The summed E-state index contributed by atoms with van der Waals surface area (Å²) in [5.41, 5.74) is 0.785. The van der Waals surface area contributed by atoms with Crippen molar-refractivity contribution in [3.05, 3.63) is 30.3 Å². The summed E-state index contributed by atoms with van der Waals surface area (Å²) in [6.45, 7) is 0.398. The highest BCUT2D eigenvalue weighted by molar-refractivity contribution is 5.95. The van der Waals surface area contributed by atoms with Gasteiger partial charge in [0.25, 0.3) is 0 Å². The molecule has 1 aromatic rings. The van der Waals surface area contributed by atoms with Gasteiger partial charge in [-0.2, -0.15) is 0 Å². The molecule has 1 saturated heterocycles. The number of carboxylic acid groups (broad SMARTS) is 1. The zero-order valence-electron chi connectivity index (χ0n) is 8.59. The largest absolute Gasteiger partial charge is 0.481 e. The normalized spacial score (nSPS) is 19.6. The van der Waals surface area contributed by atoms with Crippen molar-refractivity contribution >= 4 is 17.7 Å². The zero-order valence-corrected chi connectivity index (χ0v) is 8.59. The first-order valence-electron chi connectivity index (χ1n) is 5.01. The van der Waals surface area contributed by atoms with Crippen LogP contribution in [0.1, 0.15) is 6.42 Å². The van der Waals surface area contributed by atoms with Gasteiger partial charge in [0.15, 0.2) is 0 Å². The average Bonchev–Trinajstić information content (AvgIpc) is 2.60. The molecule has 0 aromatic heterocycles. The van der Waals surface area contributed by atoms with Crippen LogP contribution >= 0.6 is 0 Å². The number of urea groups is 1. The maximum Gasteiger partial charge on any atom is 0.322 e. The number of carboxylic acids is 1. The van der Waals surface area contributed by atoms with Crippen molar-refractivity contribution in [2.45, 2.75) is 12.5 Å². The van der Waals surface area contributed by atoms with Gasteiger partial charge in [-0.05, 0) is 12.1 Å². The third-order valence-corrected chi connectivity index (χ3v) is 2.46. The Morgan fingerprint density at radius 2 is 2.12 bits per heavy atom. The number of hydrogen-bond donors (Lipinski definition) is 2. The van der Waals surface area contributed by atoms with E-state index in [0.29, 0.717) is 6.54 Å². The van der Waals surface area contributed by atoms with Gasteiger partial charge < -0.3 is 10.4 Å². The van der Waals surface area contributed by atoms with Crippen LogP contribution in [0, 0.1) is 0 Å². The van der Waals surface area contributed by atoms with E-state index in [-0.39, 0.29) is 18.5 Å². The Kier molecular flexibility index (Phi) is 2.76. The van der Waals surface area contributed by atoms with Gasteiger partial charge in [-0.3, -0.25) is 9.69 Å². The fraction of sp³-hybridized carbons (Fsp3) is 0.273. The van der Waals surface area contributed by atoms with Crippen molar-refractivity contribution in [2.75, 3.05) is 11.4 Å². The van der Waals surface area contributed by atoms with Crippen molar-refractivity contribution in [1.82, 2.24) is 5.32 Å². The van der Waals surface area contributed by atoms with Crippen LogP contribution in [-0.2, 0) is 4.79 Å². The Hall–Kier alpha value is -2.04. The van der Waals surface area contributed by atoms with E-state index in [4.69, 9.17) is 5.11 Å². The lowest BCUT2D eigenvalue weighted by atomic mass is 10.2. The fourth-order valence-corrected chi connectivity index (χ4v) is 1.76. The van der Waals surface area contributed by atoms with Gasteiger partial charge in [-0.15, -0.1) is 0 Å². The molecule has 1 aromatic carbocycles. The number of nitrogens with one attached hydrogen (secondary N) is 1. The molecule has 0 aliphatic carbocycles. The summed E-state index contributed by atoms with van der Waals surface area (Å²) in [6, 6.07) is 8.64. The second-order valence-electron chi connectivity index (χ2n) is 3.69. The second kappa shape index (κ2) is 4.22. The van der Waals surface area contributed by atoms with Gasteiger partial charge in [0, 0.05) is 12.2 Å². The van der Waals surface area contributed by atoms with E-state index in [1.54, 1.807) is 4.90 Å². The molecule has 0 spiro atoms. The van der Waals surface area contributed by atoms with Crippen LogP contribution in [-0.4, -0.2) is 29.7 Å². The minimum Gasteiger partial charge on any atom is -0.481 e. The molecule has 0 bridgehead atoms. The monoisotopic (exact) mass is 220 g/mol. The summed E-state index contributed by atoms with van der Waals surface area (Å²) in [4.78, 5) is 23.7. The van der Waals surface area contributed by atoms with Gasteiger partial charge in [0.2, 0.25) is 0 Å². The number of carbonyl (C=O) groups is 2. The number of anilines is 1. The number of carbonyl (C=O) groups excluding carboxylic acids is 1. The maximum absolute atomic E-state index is 11.6. The van der Waals surface area contributed by atoms with E-state index < -0.39 is 5.97 Å². The predicted octanol–water partition coefficient (Wildman–Crippen LogP) is 1.06. The predicted molar refractivity (Wildman–Crippen MR) is 58.4 cm³/mol. The van der Waals surface area contributed by atoms with Crippen molar-refractivity contribution in [3.63, 3.8) is 0 Å². The van der Waals surface area contributed by atoms with E-state index in [1.807, 2.05) is 30.3 Å². The smallest absolute Gasteiger partial charge is 0.322 e. The lowest BCUT2D eigenvalue weighted by Crippen LogP contribution is -2.29. The molecule has 1 fully saturated rings. The minimum absolute atomic E-state index is 0.0466. The lowest BCUT2D eigenvalue weighted by Gasteiger charge is -2.13. The Morgan fingerprint density at radius 3 is 2.75 bits per heavy atom. The van der Waals surface area contributed by atoms with E-state index in [9.17, 15) is 9.59 Å². The molecule has 1 aliphatic rings. The Labute approximate surface area is 92.7 Å². The van der Waals surface area contributed by atoms with E-state index in [0.717, 1.165) is 5.69 Å². The van der Waals surface area contributed by atoms with Gasteiger partial charge >= 0.3 is 12.0 Å². The van der Waals surface area contributed by atoms with Crippen LogP contribution in [0.2, 0.25) is 0 Å². The molecule has 2 rings (SSSR count). The molecular weight excluding hydrogens is 208 g/mol. The average molecular weight is 220 g/mol. The number of para-hydroxylation sites is 1. The highest BCUT2D eigenvalue weighted by Crippen LogP contribution is 2.18. The molecule has 1 aliphatic heterocycles. The quantitative estimate of drug-likeness (QED) is 0.800. The summed E-state index contributed by atoms with van der Waals surface area (Å²) in [5.74, 6) is -0.903. The van der Waals surface area contributed by atoms with E-state index in [2.05, 4.69) is 5.32 Å². The maximum atomic E-state index is 11.6. The third kappa shape index (κ3) is 2.13. The van der Waals surface area contributed by atoms with Crippen molar-refractivity contribution in [2.24, 2.45) is 0 Å². The van der Waals surface area contributed by atoms with Crippen LogP contribution < -0.4 is 10.2 Å². The SMILES string of the molecule is O=C(O)CC1CN(c2ccccc2)C(=O)N1. The van der Waals surface area contributed by atoms with Gasteiger partial charge in [-0.1, -0.05) is 18.2 Å². The van der Waals surface area contributed by atoms with Gasteiger partial charge in [-0.25, -0.2) is 4.79 Å². The topological polar surface area (TPSA) is 69.6 Å². The number of benzene rings is 1. The Bertz CT molecular complexity index is 405. The summed E-state index contributed by atoms with van der Waals surface area (Å²) >= 11 is 0. The van der Waals surface area contributed by atoms with Crippen LogP contribution in [0.3, 0.4) is 0 Å². The molecule has 5 nitrogen and oxygen atoms in total. The van der Waals surface area contributed by atoms with Crippen LogP contribution in [0.25, 0.3) is 0 Å². The first-order valence-corrected chi connectivity index (χ1v) is 5.01. The fourth-order valence-electron chi connectivity index (χ4n) is 1.76. The number of rotatable bonds is 3. The summed E-state index contributed by atoms with van der Waals surface area (Å²) in [7, 11) is 0. The molecule has 16 heavy (non-hydrogen) atoms. The Balaban J connectivity index is 2.08. The third-order valence-electron chi connectivity index (χ3n) is 2.46. The molecule has 0 radical (unpaired) electrons. The molecule has 1 heterocycles. The van der Waals surface area contributed by atoms with Crippen molar-refractivity contribution in [1.29, 1.82) is 0 Å². The molecule has 1 atom stereocenters. The number of nitrogens with zero attached hydrogens (tertiary/aromatic N) is 1. The lowest BCUT2D eigenvalue weighted by molar-refractivity contribution is -0.137. The highest BCUT2D eigenvalue weighted by atomic mass is 16.4. The molecule has 1 unspecified atom stereocenters. The first kappa shape index (κ1) is 10.5. The van der Waals surface area contributed by atoms with Gasteiger partial charge in [0.1, 0.15) is 0 Å². The first-order chi connectivity index (χ1) is 7.66. The summed E-state index contributed by atoms with van der Waals surface area (Å²) < 4.78 is 0. The zero-order chi connectivity index (χ0) is 11.5. The van der Waals surface area contributed by atoms with E-state index >= 15 is 0 Å². The number of hydrogen-bond acceptors (Lipinski definition) is 2. The van der Waals surface area contributed by atoms with Crippen molar-refractivity contribution in [3.8, 4) is 0 Å². The molecule has 0 saturated carbocycles. The van der Waals surface area contributed by atoms with Crippen LogP contribution in [0.4, 0.5) is 10.5 Å². The molecule has 84 valence electrons. The highest BCUT2D eigenvalue weighted by Gasteiger charge is 2.30. The molecule has 2 N–H and O–H groups in total. The molecule has 2 amide bonds. The van der Waals surface area contributed by atoms with Crippen molar-refractivity contribution < 1.29 is 14.7 Å². The molecule has 5 heteroatoms. The Morgan fingerprint density at radius 1 is 1.44 bits per heavy atom. The van der Waals surface area contributed by atoms with Gasteiger partial charge in [0.05, 0.1) is 12.5 Å². The van der Waals surface area contributed by atoms with Crippen LogP contribution in [0.5, 0.6) is 0 Å².